The highest BCUT2D eigenvalue weighted by molar-refractivity contribution is 5.97. The maximum absolute atomic E-state index is 12.1. The molecule has 0 aliphatic heterocycles. The van der Waals surface area contributed by atoms with Crippen LogP contribution in [0.3, 0.4) is 0 Å². The molecule has 0 radical (unpaired) electrons. The maximum atomic E-state index is 12.1. The van der Waals surface area contributed by atoms with Crippen LogP contribution >= 0.6 is 0 Å². The lowest BCUT2D eigenvalue weighted by Crippen LogP contribution is -2.51. The molecule has 10 heteroatoms. The van der Waals surface area contributed by atoms with E-state index in [1.807, 2.05) is 0 Å². The number of rotatable bonds is 6. The summed E-state index contributed by atoms with van der Waals surface area (Å²) in [5.41, 5.74) is -0.443. The summed E-state index contributed by atoms with van der Waals surface area (Å²) in [7, 11) is 0. The number of nitro benzene ring substituents is 1. The summed E-state index contributed by atoms with van der Waals surface area (Å²) < 4.78 is 5.06. The fraction of sp³-hybridized carbons (Fsp3) is 0.471. The first kappa shape index (κ1) is 21.9. The third-order valence-corrected chi connectivity index (χ3v) is 3.22. The molecule has 3 amide bonds. The number of amides is 3. The van der Waals surface area contributed by atoms with Gasteiger partial charge in [-0.25, -0.2) is 4.79 Å². The molecule has 10 nitrogen and oxygen atoms in total. The highest BCUT2D eigenvalue weighted by Crippen LogP contribution is 2.15. The van der Waals surface area contributed by atoms with Crippen molar-refractivity contribution in [3.8, 4) is 0 Å². The van der Waals surface area contributed by atoms with E-state index in [1.54, 1.807) is 20.8 Å². The normalized spacial score (nSPS) is 13.1. The van der Waals surface area contributed by atoms with E-state index in [0.717, 1.165) is 0 Å². The number of nitro groups is 1. The molecule has 0 saturated carbocycles. The standard InChI is InChI=1S/C17H24N4O6/c1-10(15(23)20-12-6-8-13(9-7-12)21(25)26)18-14(22)11(2)19-16(24)27-17(3,4)5/h6-11H,1-5H3,(H,18,22)(H,19,24)(H,20,23)/t10-,11-/m0/s1. The van der Waals surface area contributed by atoms with Gasteiger partial charge in [-0.3, -0.25) is 19.7 Å². The number of hydrogen-bond acceptors (Lipinski definition) is 6. The molecular formula is C17H24N4O6. The van der Waals surface area contributed by atoms with E-state index < -0.39 is 40.5 Å². The van der Waals surface area contributed by atoms with Crippen molar-refractivity contribution in [1.82, 2.24) is 10.6 Å². The van der Waals surface area contributed by atoms with Crippen LogP contribution in [0.25, 0.3) is 0 Å². The molecule has 0 aliphatic rings. The third-order valence-electron chi connectivity index (χ3n) is 3.22. The van der Waals surface area contributed by atoms with Crippen LogP contribution in [0.15, 0.2) is 24.3 Å². The fourth-order valence-corrected chi connectivity index (χ4v) is 1.87. The second-order valence-electron chi connectivity index (χ2n) is 6.89. The van der Waals surface area contributed by atoms with Gasteiger partial charge in [0.2, 0.25) is 11.8 Å². The van der Waals surface area contributed by atoms with E-state index in [4.69, 9.17) is 4.74 Å². The van der Waals surface area contributed by atoms with Crippen molar-refractivity contribution in [2.75, 3.05) is 5.32 Å². The molecule has 0 spiro atoms. The minimum atomic E-state index is -0.908. The molecule has 27 heavy (non-hydrogen) atoms. The second kappa shape index (κ2) is 8.97. The Morgan fingerprint density at radius 3 is 2.00 bits per heavy atom. The van der Waals surface area contributed by atoms with Gasteiger partial charge in [0.25, 0.3) is 5.69 Å². The van der Waals surface area contributed by atoms with Gasteiger partial charge in [0, 0.05) is 17.8 Å². The van der Waals surface area contributed by atoms with Gasteiger partial charge >= 0.3 is 6.09 Å². The molecule has 1 rings (SSSR count). The number of alkyl carbamates (subject to hydrolysis) is 1. The Morgan fingerprint density at radius 2 is 1.52 bits per heavy atom. The second-order valence-corrected chi connectivity index (χ2v) is 6.89. The van der Waals surface area contributed by atoms with Gasteiger partial charge in [-0.05, 0) is 46.8 Å². The van der Waals surface area contributed by atoms with Gasteiger partial charge in [0.1, 0.15) is 17.7 Å². The van der Waals surface area contributed by atoms with Gasteiger partial charge in [-0.15, -0.1) is 0 Å². The molecular weight excluding hydrogens is 356 g/mol. The van der Waals surface area contributed by atoms with Gasteiger partial charge < -0.3 is 20.7 Å². The summed E-state index contributed by atoms with van der Waals surface area (Å²) in [5.74, 6) is -1.08. The number of hydrogen-bond donors (Lipinski definition) is 3. The smallest absolute Gasteiger partial charge is 0.408 e. The number of ether oxygens (including phenoxy) is 1. The van der Waals surface area contributed by atoms with Crippen LogP contribution < -0.4 is 16.0 Å². The average molecular weight is 380 g/mol. The molecule has 3 N–H and O–H groups in total. The van der Waals surface area contributed by atoms with Crippen LogP contribution in [0.2, 0.25) is 0 Å². The third kappa shape index (κ3) is 7.72. The Morgan fingerprint density at radius 1 is 1.00 bits per heavy atom. The number of non-ortho nitro benzene ring substituents is 1. The molecule has 148 valence electrons. The molecule has 0 aliphatic carbocycles. The van der Waals surface area contributed by atoms with Crippen molar-refractivity contribution in [2.24, 2.45) is 0 Å². The topological polar surface area (TPSA) is 140 Å². The molecule has 0 fully saturated rings. The minimum absolute atomic E-state index is 0.101. The van der Waals surface area contributed by atoms with Crippen molar-refractivity contribution < 1.29 is 24.0 Å². The average Bonchev–Trinajstić information content (AvgIpc) is 2.53. The number of nitrogens with one attached hydrogen (secondary N) is 3. The number of carbonyl (C=O) groups is 3. The van der Waals surface area contributed by atoms with Crippen molar-refractivity contribution >= 4 is 29.3 Å². The first-order valence-corrected chi connectivity index (χ1v) is 8.24. The Bertz CT molecular complexity index is 711. The van der Waals surface area contributed by atoms with Gasteiger partial charge in [-0.1, -0.05) is 0 Å². The summed E-state index contributed by atoms with van der Waals surface area (Å²) in [6.45, 7) is 8.02. The summed E-state index contributed by atoms with van der Waals surface area (Å²) in [5, 5.41) is 18.0. The van der Waals surface area contributed by atoms with Crippen molar-refractivity contribution in [3.05, 3.63) is 34.4 Å². The predicted molar refractivity (Wildman–Crippen MR) is 98.2 cm³/mol. The van der Waals surface area contributed by atoms with Crippen LogP contribution in [-0.4, -0.2) is 40.5 Å². The molecule has 0 bridgehead atoms. The molecule has 0 aromatic heterocycles. The van der Waals surface area contributed by atoms with E-state index >= 15 is 0 Å². The first-order chi connectivity index (χ1) is 12.4. The largest absolute Gasteiger partial charge is 0.444 e. The van der Waals surface area contributed by atoms with Crippen molar-refractivity contribution in [3.63, 3.8) is 0 Å². The van der Waals surface area contributed by atoms with Crippen LogP contribution in [0.1, 0.15) is 34.6 Å². The van der Waals surface area contributed by atoms with Gasteiger partial charge in [0.15, 0.2) is 0 Å². The maximum Gasteiger partial charge on any atom is 0.408 e. The minimum Gasteiger partial charge on any atom is -0.444 e. The SMILES string of the molecule is C[C@H](NC(=O)OC(C)(C)C)C(=O)N[C@@H](C)C(=O)Nc1ccc([N+](=O)[O-])cc1. The zero-order valence-corrected chi connectivity index (χ0v) is 15.9. The van der Waals surface area contributed by atoms with Gasteiger partial charge in [0.05, 0.1) is 4.92 Å². The molecule has 1 aromatic carbocycles. The molecule has 2 atom stereocenters. The Balaban J connectivity index is 2.54. The molecule has 0 saturated heterocycles. The van der Waals surface area contributed by atoms with E-state index in [1.165, 1.54) is 38.1 Å². The van der Waals surface area contributed by atoms with Crippen LogP contribution in [0.4, 0.5) is 16.2 Å². The summed E-state index contributed by atoms with van der Waals surface area (Å²) >= 11 is 0. The van der Waals surface area contributed by atoms with Crippen LogP contribution in [0, 0.1) is 10.1 Å². The van der Waals surface area contributed by atoms with E-state index in [0.29, 0.717) is 5.69 Å². The Labute approximate surface area is 156 Å². The zero-order chi connectivity index (χ0) is 20.8. The molecule has 1 aromatic rings. The van der Waals surface area contributed by atoms with E-state index in [-0.39, 0.29) is 5.69 Å². The van der Waals surface area contributed by atoms with Gasteiger partial charge in [-0.2, -0.15) is 0 Å². The number of carbonyl (C=O) groups excluding carboxylic acids is 3. The summed E-state index contributed by atoms with van der Waals surface area (Å²) in [6, 6.07) is 3.48. The first-order valence-electron chi connectivity index (χ1n) is 8.24. The molecule has 0 unspecified atom stereocenters. The van der Waals surface area contributed by atoms with Crippen molar-refractivity contribution in [1.29, 1.82) is 0 Å². The summed E-state index contributed by atoms with van der Waals surface area (Å²) in [6.07, 6.45) is -0.742. The lowest BCUT2D eigenvalue weighted by Gasteiger charge is -2.22. The number of benzene rings is 1. The Kier molecular flexibility index (Phi) is 7.26. The highest BCUT2D eigenvalue weighted by Gasteiger charge is 2.23. The monoisotopic (exact) mass is 380 g/mol. The fourth-order valence-electron chi connectivity index (χ4n) is 1.87. The highest BCUT2D eigenvalue weighted by atomic mass is 16.6. The quantitative estimate of drug-likeness (QED) is 0.509. The van der Waals surface area contributed by atoms with Crippen LogP contribution in [0.5, 0.6) is 0 Å². The van der Waals surface area contributed by atoms with E-state index in [2.05, 4.69) is 16.0 Å². The number of nitrogens with zero attached hydrogens (tertiary/aromatic N) is 1. The Hall–Kier alpha value is -3.17. The van der Waals surface area contributed by atoms with Crippen LogP contribution in [-0.2, 0) is 14.3 Å². The lowest BCUT2D eigenvalue weighted by atomic mass is 10.2. The molecule has 0 heterocycles. The van der Waals surface area contributed by atoms with Crippen molar-refractivity contribution in [2.45, 2.75) is 52.3 Å². The summed E-state index contributed by atoms with van der Waals surface area (Å²) in [4.78, 5) is 46.0. The number of anilines is 1. The zero-order valence-electron chi connectivity index (χ0n) is 15.9. The predicted octanol–water partition coefficient (Wildman–Crippen LogP) is 1.95. The lowest BCUT2D eigenvalue weighted by molar-refractivity contribution is -0.384. The van der Waals surface area contributed by atoms with E-state index in [9.17, 15) is 24.5 Å².